The Balaban J connectivity index is 1.44. The molecule has 24 heavy (non-hydrogen) atoms. The lowest BCUT2D eigenvalue weighted by molar-refractivity contribution is -0.121. The third-order valence-electron chi connectivity index (χ3n) is 5.07. The van der Waals surface area contributed by atoms with Crippen molar-refractivity contribution in [3.8, 4) is 5.75 Å². The molecule has 1 atom stereocenters. The highest BCUT2D eigenvalue weighted by Gasteiger charge is 2.22. The molecule has 124 valence electrons. The summed E-state index contributed by atoms with van der Waals surface area (Å²) in [6.07, 6.45) is 6.16. The minimum Gasteiger partial charge on any atom is -0.493 e. The van der Waals surface area contributed by atoms with Gasteiger partial charge in [0, 0.05) is 12.0 Å². The topological polar surface area (TPSA) is 38.3 Å². The standard InChI is InChI=1S/C21H23NO2/c23-21(14-15-9-10-16-5-1-2-6-17(16)13-15)22-19-11-12-24-20-8-4-3-7-18(19)20/h3-4,7-10,13,19H,1-2,5-6,11-12,14H2,(H,22,23). The van der Waals surface area contributed by atoms with Gasteiger partial charge in [0.05, 0.1) is 19.1 Å². The quantitative estimate of drug-likeness (QED) is 0.935. The molecule has 2 aromatic carbocycles. The molecule has 2 aliphatic rings. The molecule has 4 rings (SSSR count). The Hall–Kier alpha value is -2.29. The molecule has 3 heteroatoms. The molecule has 1 aliphatic carbocycles. The summed E-state index contributed by atoms with van der Waals surface area (Å²) >= 11 is 0. The SMILES string of the molecule is O=C(Cc1ccc2c(c1)CCCC2)NC1CCOc2ccccc21. The summed E-state index contributed by atoms with van der Waals surface area (Å²) in [4.78, 5) is 12.5. The van der Waals surface area contributed by atoms with Crippen molar-refractivity contribution >= 4 is 5.91 Å². The van der Waals surface area contributed by atoms with Crippen molar-refractivity contribution in [2.75, 3.05) is 6.61 Å². The number of fused-ring (bicyclic) bond motifs is 2. The fraction of sp³-hybridized carbons (Fsp3) is 0.381. The summed E-state index contributed by atoms with van der Waals surface area (Å²) in [5, 5.41) is 3.18. The molecule has 1 unspecified atom stereocenters. The summed E-state index contributed by atoms with van der Waals surface area (Å²) in [5.74, 6) is 0.982. The first kappa shape index (κ1) is 15.3. The van der Waals surface area contributed by atoms with Crippen molar-refractivity contribution in [1.82, 2.24) is 5.32 Å². The maximum Gasteiger partial charge on any atom is 0.224 e. The normalized spacial score (nSPS) is 18.9. The Bertz CT molecular complexity index is 753. The van der Waals surface area contributed by atoms with Gasteiger partial charge in [-0.05, 0) is 48.4 Å². The van der Waals surface area contributed by atoms with Crippen LogP contribution < -0.4 is 10.1 Å². The molecule has 1 N–H and O–H groups in total. The minimum atomic E-state index is 0.0556. The molecule has 0 fully saturated rings. The molecule has 0 radical (unpaired) electrons. The lowest BCUT2D eigenvalue weighted by Crippen LogP contribution is -2.33. The number of hydrogen-bond acceptors (Lipinski definition) is 2. The fourth-order valence-corrected chi connectivity index (χ4v) is 3.82. The average molecular weight is 321 g/mol. The molecule has 2 aromatic rings. The van der Waals surface area contributed by atoms with Gasteiger partial charge in [0.2, 0.25) is 5.91 Å². The molecule has 0 saturated carbocycles. The zero-order valence-electron chi connectivity index (χ0n) is 13.9. The zero-order chi connectivity index (χ0) is 16.4. The van der Waals surface area contributed by atoms with E-state index in [0.717, 1.165) is 29.7 Å². The summed E-state index contributed by atoms with van der Waals surface area (Å²) in [5.41, 5.74) is 5.10. The highest BCUT2D eigenvalue weighted by molar-refractivity contribution is 5.79. The number of aryl methyl sites for hydroxylation is 2. The van der Waals surface area contributed by atoms with Crippen LogP contribution in [0, 0.1) is 0 Å². The van der Waals surface area contributed by atoms with E-state index < -0.39 is 0 Å². The van der Waals surface area contributed by atoms with Crippen molar-refractivity contribution in [3.63, 3.8) is 0 Å². The van der Waals surface area contributed by atoms with Crippen molar-refractivity contribution in [3.05, 3.63) is 64.7 Å². The van der Waals surface area contributed by atoms with E-state index in [1.807, 2.05) is 24.3 Å². The molecule has 0 bridgehead atoms. The lowest BCUT2D eigenvalue weighted by Gasteiger charge is -2.26. The number of rotatable bonds is 3. The molecule has 0 aromatic heterocycles. The van der Waals surface area contributed by atoms with Crippen LogP contribution in [0.3, 0.4) is 0 Å². The second-order valence-corrected chi connectivity index (χ2v) is 6.78. The second kappa shape index (κ2) is 6.68. The zero-order valence-corrected chi connectivity index (χ0v) is 13.9. The number of carbonyl (C=O) groups excluding carboxylic acids is 1. The van der Waals surface area contributed by atoms with Gasteiger partial charge in [-0.2, -0.15) is 0 Å². The molecule has 3 nitrogen and oxygen atoms in total. The Morgan fingerprint density at radius 3 is 2.83 bits per heavy atom. The van der Waals surface area contributed by atoms with Crippen LogP contribution in [0.2, 0.25) is 0 Å². The van der Waals surface area contributed by atoms with E-state index in [-0.39, 0.29) is 11.9 Å². The molecule has 1 amide bonds. The summed E-state index contributed by atoms with van der Waals surface area (Å²) in [6, 6.07) is 14.6. The van der Waals surface area contributed by atoms with Crippen LogP contribution in [0.25, 0.3) is 0 Å². The van der Waals surface area contributed by atoms with E-state index in [1.54, 1.807) is 0 Å². The number of hydrogen-bond donors (Lipinski definition) is 1. The molecule has 1 aliphatic heterocycles. The number of benzene rings is 2. The highest BCUT2D eigenvalue weighted by atomic mass is 16.5. The van der Waals surface area contributed by atoms with Gasteiger partial charge in [-0.25, -0.2) is 0 Å². The average Bonchev–Trinajstić information content (AvgIpc) is 2.62. The molecule has 0 spiro atoms. The number of para-hydroxylation sites is 1. The van der Waals surface area contributed by atoms with Crippen molar-refractivity contribution in [2.24, 2.45) is 0 Å². The van der Waals surface area contributed by atoms with E-state index >= 15 is 0 Å². The summed E-state index contributed by atoms with van der Waals surface area (Å²) in [6.45, 7) is 0.654. The monoisotopic (exact) mass is 321 g/mol. The van der Waals surface area contributed by atoms with Crippen LogP contribution in [-0.4, -0.2) is 12.5 Å². The van der Waals surface area contributed by atoms with E-state index in [4.69, 9.17) is 4.74 Å². The van der Waals surface area contributed by atoms with E-state index in [0.29, 0.717) is 13.0 Å². The first-order chi connectivity index (χ1) is 11.8. The third kappa shape index (κ3) is 3.16. The number of amides is 1. The Morgan fingerprint density at radius 2 is 1.92 bits per heavy atom. The predicted octanol–water partition coefficient (Wildman–Crippen LogP) is 3.75. The molecule has 0 saturated heterocycles. The number of nitrogens with one attached hydrogen (secondary N) is 1. The fourth-order valence-electron chi connectivity index (χ4n) is 3.82. The van der Waals surface area contributed by atoms with E-state index in [2.05, 4.69) is 23.5 Å². The summed E-state index contributed by atoms with van der Waals surface area (Å²) in [7, 11) is 0. The van der Waals surface area contributed by atoms with Crippen LogP contribution >= 0.6 is 0 Å². The Morgan fingerprint density at radius 1 is 1.08 bits per heavy atom. The van der Waals surface area contributed by atoms with Crippen LogP contribution in [0.4, 0.5) is 0 Å². The van der Waals surface area contributed by atoms with Crippen LogP contribution in [0.15, 0.2) is 42.5 Å². The van der Waals surface area contributed by atoms with E-state index in [9.17, 15) is 4.79 Å². The minimum absolute atomic E-state index is 0.0556. The maximum atomic E-state index is 12.5. The molecular weight excluding hydrogens is 298 g/mol. The van der Waals surface area contributed by atoms with Crippen molar-refractivity contribution in [2.45, 2.75) is 44.6 Å². The molecular formula is C21H23NO2. The van der Waals surface area contributed by atoms with Crippen molar-refractivity contribution in [1.29, 1.82) is 0 Å². The Labute approximate surface area is 143 Å². The number of ether oxygens (including phenoxy) is 1. The van der Waals surface area contributed by atoms with Gasteiger partial charge in [0.1, 0.15) is 5.75 Å². The largest absolute Gasteiger partial charge is 0.493 e. The highest BCUT2D eigenvalue weighted by Crippen LogP contribution is 2.31. The van der Waals surface area contributed by atoms with Gasteiger partial charge >= 0.3 is 0 Å². The second-order valence-electron chi connectivity index (χ2n) is 6.78. The molecule has 1 heterocycles. The Kier molecular flexibility index (Phi) is 4.24. The van der Waals surface area contributed by atoms with Gasteiger partial charge in [-0.15, -0.1) is 0 Å². The van der Waals surface area contributed by atoms with Crippen LogP contribution in [0.5, 0.6) is 5.75 Å². The van der Waals surface area contributed by atoms with Crippen LogP contribution in [-0.2, 0) is 24.1 Å². The van der Waals surface area contributed by atoms with Crippen LogP contribution in [0.1, 0.15) is 47.6 Å². The van der Waals surface area contributed by atoms with Gasteiger partial charge in [-0.3, -0.25) is 4.79 Å². The maximum absolute atomic E-state index is 12.5. The van der Waals surface area contributed by atoms with Gasteiger partial charge in [0.25, 0.3) is 0 Å². The smallest absolute Gasteiger partial charge is 0.224 e. The third-order valence-corrected chi connectivity index (χ3v) is 5.07. The summed E-state index contributed by atoms with van der Waals surface area (Å²) < 4.78 is 5.66. The van der Waals surface area contributed by atoms with Gasteiger partial charge in [0.15, 0.2) is 0 Å². The van der Waals surface area contributed by atoms with Crippen molar-refractivity contribution < 1.29 is 9.53 Å². The predicted molar refractivity (Wildman–Crippen MR) is 94.2 cm³/mol. The lowest BCUT2D eigenvalue weighted by atomic mass is 9.90. The first-order valence-electron chi connectivity index (χ1n) is 8.91. The number of carbonyl (C=O) groups is 1. The van der Waals surface area contributed by atoms with Gasteiger partial charge in [-0.1, -0.05) is 36.4 Å². The van der Waals surface area contributed by atoms with E-state index in [1.165, 1.54) is 30.4 Å². The first-order valence-corrected chi connectivity index (χ1v) is 8.91. The van der Waals surface area contributed by atoms with Gasteiger partial charge < -0.3 is 10.1 Å².